The summed E-state index contributed by atoms with van der Waals surface area (Å²) >= 11 is 0. The predicted molar refractivity (Wildman–Crippen MR) is 71.7 cm³/mol. The van der Waals surface area contributed by atoms with Gasteiger partial charge in [0.1, 0.15) is 12.1 Å². The van der Waals surface area contributed by atoms with Gasteiger partial charge in [-0.3, -0.25) is 14.9 Å². The molecule has 0 aromatic carbocycles. The number of likely N-dealkylation sites (N-methyl/N-ethyl adjacent to an activating group) is 1. The van der Waals surface area contributed by atoms with Crippen LogP contribution in [0.5, 0.6) is 0 Å². The third-order valence-corrected chi connectivity index (χ3v) is 4.53. The van der Waals surface area contributed by atoms with Crippen molar-refractivity contribution < 1.29 is 14.4 Å². The molecule has 0 aromatic heterocycles. The molecule has 114 valence electrons. The molecule has 4 atom stereocenters. The smallest absolute Gasteiger partial charge is 0.320 e. The second-order valence-corrected chi connectivity index (χ2v) is 5.82. The van der Waals surface area contributed by atoms with Crippen molar-refractivity contribution in [2.24, 2.45) is 0 Å². The summed E-state index contributed by atoms with van der Waals surface area (Å²) in [5, 5.41) is 11.8. The quantitative estimate of drug-likeness (QED) is 0.663. The molecule has 3 saturated heterocycles. The number of nitrogens with one attached hydrogen (secondary N) is 2. The third kappa shape index (κ3) is 2.54. The van der Waals surface area contributed by atoms with E-state index in [4.69, 9.17) is 10.1 Å². The number of nitriles is 1. The minimum absolute atomic E-state index is 0.0928. The zero-order valence-electron chi connectivity index (χ0n) is 11.9. The number of carbonyl (C=O) groups is 2. The maximum Gasteiger partial charge on any atom is 0.320 e. The Morgan fingerprint density at radius 3 is 3.05 bits per heavy atom. The Morgan fingerprint density at radius 2 is 2.33 bits per heavy atom. The van der Waals surface area contributed by atoms with Gasteiger partial charge in [0, 0.05) is 26.6 Å². The van der Waals surface area contributed by atoms with Gasteiger partial charge in [0.15, 0.2) is 0 Å². The highest BCUT2D eigenvalue weighted by Crippen LogP contribution is 2.28. The topological polar surface area (TPSA) is 97.7 Å². The fraction of sp³-hybridized carbons (Fsp3) is 0.769. The summed E-state index contributed by atoms with van der Waals surface area (Å²) in [6.07, 6.45) is 1.83. The van der Waals surface area contributed by atoms with Gasteiger partial charge in [0.05, 0.1) is 18.2 Å². The Hall–Kier alpha value is -1.85. The lowest BCUT2D eigenvalue weighted by atomic mass is 10.0. The summed E-state index contributed by atoms with van der Waals surface area (Å²) < 4.78 is 0. The lowest BCUT2D eigenvalue weighted by molar-refractivity contribution is -0.142. The Labute approximate surface area is 123 Å². The molecule has 8 nitrogen and oxygen atoms in total. The number of hydroxylamine groups is 1. The summed E-state index contributed by atoms with van der Waals surface area (Å²) in [6.45, 7) is 1.14. The van der Waals surface area contributed by atoms with Crippen LogP contribution in [0.2, 0.25) is 0 Å². The molecule has 3 rings (SSSR count). The van der Waals surface area contributed by atoms with Crippen LogP contribution in [0.25, 0.3) is 0 Å². The molecule has 2 N–H and O–H groups in total. The second kappa shape index (κ2) is 5.50. The number of piperidine rings is 1. The zero-order valence-corrected chi connectivity index (χ0v) is 11.9. The number of nitrogens with zero attached hydrogens (tertiary/aromatic N) is 3. The maximum absolute atomic E-state index is 12.2. The van der Waals surface area contributed by atoms with Gasteiger partial charge in [-0.15, -0.1) is 0 Å². The highest BCUT2D eigenvalue weighted by molar-refractivity contribution is 5.88. The van der Waals surface area contributed by atoms with Gasteiger partial charge < -0.3 is 9.80 Å². The Balaban J connectivity index is 1.52. The van der Waals surface area contributed by atoms with Gasteiger partial charge >= 0.3 is 6.03 Å². The largest absolute Gasteiger partial charge is 0.323 e. The molecule has 0 saturated carbocycles. The number of amides is 3. The third-order valence-electron chi connectivity index (χ3n) is 4.53. The van der Waals surface area contributed by atoms with Crippen LogP contribution in [0.3, 0.4) is 0 Å². The summed E-state index contributed by atoms with van der Waals surface area (Å²) in [5.41, 5.74) is 2.46. The van der Waals surface area contributed by atoms with E-state index in [0.717, 1.165) is 6.42 Å². The Kier molecular flexibility index (Phi) is 3.69. The number of fused-ring (bicyclic) bond motifs is 2. The van der Waals surface area contributed by atoms with Crippen LogP contribution >= 0.6 is 0 Å². The molecule has 8 heteroatoms. The van der Waals surface area contributed by atoms with Gasteiger partial charge in [-0.05, 0) is 12.8 Å². The van der Waals surface area contributed by atoms with Crippen LogP contribution in [0, 0.1) is 11.3 Å². The molecule has 2 bridgehead atoms. The first kappa shape index (κ1) is 14.1. The first-order valence-electron chi connectivity index (χ1n) is 7.22. The van der Waals surface area contributed by atoms with E-state index in [-0.39, 0.29) is 30.1 Å². The van der Waals surface area contributed by atoms with Gasteiger partial charge in [-0.25, -0.2) is 10.3 Å². The zero-order chi connectivity index (χ0) is 15.0. The molecule has 0 aromatic rings. The van der Waals surface area contributed by atoms with Crippen molar-refractivity contribution >= 4 is 11.9 Å². The van der Waals surface area contributed by atoms with Gasteiger partial charge in [0.25, 0.3) is 5.91 Å². The van der Waals surface area contributed by atoms with Crippen LogP contribution < -0.4 is 10.8 Å². The highest BCUT2D eigenvalue weighted by Gasteiger charge is 2.45. The molecule has 0 radical (unpaired) electrons. The van der Waals surface area contributed by atoms with E-state index in [1.165, 1.54) is 0 Å². The standard InChI is InChI=1S/C13H19N5O3/c1-17-9-2-3-11(18(7-9)13(17)20)12(19)16-21-10-4-8(5-14)15-6-10/h8-11,15H,2-4,6-7H2,1H3,(H,16,19)/t8-,9-,10+,11+/m1/s1. The summed E-state index contributed by atoms with van der Waals surface area (Å²) in [7, 11) is 1.77. The molecular formula is C13H19N5O3. The number of carbonyl (C=O) groups excluding carboxylic acids is 2. The molecule has 3 amide bonds. The Bertz CT molecular complexity index is 491. The van der Waals surface area contributed by atoms with Crippen molar-refractivity contribution in [1.82, 2.24) is 20.6 Å². The van der Waals surface area contributed by atoms with E-state index in [1.54, 1.807) is 16.8 Å². The molecule has 0 unspecified atom stereocenters. The summed E-state index contributed by atoms with van der Waals surface area (Å²) in [5.74, 6) is -0.280. The molecule has 0 spiro atoms. The van der Waals surface area contributed by atoms with Gasteiger partial charge in [-0.2, -0.15) is 5.26 Å². The number of hydrogen-bond donors (Lipinski definition) is 2. The van der Waals surface area contributed by atoms with Crippen molar-refractivity contribution in [1.29, 1.82) is 5.26 Å². The SMILES string of the molecule is CN1C(=O)N2C[C@H]1CC[C@H]2C(=O)NO[C@@H]1CN[C@@H](C#N)C1. The van der Waals surface area contributed by atoms with E-state index < -0.39 is 6.04 Å². The molecule has 21 heavy (non-hydrogen) atoms. The Morgan fingerprint density at radius 1 is 1.52 bits per heavy atom. The monoisotopic (exact) mass is 293 g/mol. The highest BCUT2D eigenvalue weighted by atomic mass is 16.7. The van der Waals surface area contributed by atoms with E-state index in [1.807, 2.05) is 0 Å². The predicted octanol–water partition coefficient (Wildman–Crippen LogP) is -0.813. The van der Waals surface area contributed by atoms with Crippen molar-refractivity contribution in [3.63, 3.8) is 0 Å². The van der Waals surface area contributed by atoms with Crippen molar-refractivity contribution in [2.75, 3.05) is 20.1 Å². The van der Waals surface area contributed by atoms with Gasteiger partial charge in [-0.1, -0.05) is 0 Å². The number of urea groups is 1. The van der Waals surface area contributed by atoms with E-state index in [2.05, 4.69) is 16.9 Å². The minimum Gasteiger partial charge on any atom is -0.323 e. The number of rotatable bonds is 3. The first-order valence-corrected chi connectivity index (χ1v) is 7.22. The van der Waals surface area contributed by atoms with Crippen LogP contribution in [0.15, 0.2) is 0 Å². The molecule has 3 aliphatic rings. The fourth-order valence-corrected chi connectivity index (χ4v) is 3.21. The number of hydrogen-bond acceptors (Lipinski definition) is 5. The molecule has 3 fully saturated rings. The summed E-state index contributed by atoms with van der Waals surface area (Å²) in [6, 6.07) is 1.56. The first-order chi connectivity index (χ1) is 10.1. The lowest BCUT2D eigenvalue weighted by Gasteiger charge is -2.29. The second-order valence-electron chi connectivity index (χ2n) is 5.82. The van der Waals surface area contributed by atoms with Crippen LogP contribution in [0.4, 0.5) is 4.79 Å². The van der Waals surface area contributed by atoms with Crippen molar-refractivity contribution in [3.8, 4) is 6.07 Å². The van der Waals surface area contributed by atoms with Crippen LogP contribution in [0.1, 0.15) is 19.3 Å². The summed E-state index contributed by atoms with van der Waals surface area (Å²) in [4.78, 5) is 32.9. The van der Waals surface area contributed by atoms with Crippen molar-refractivity contribution in [3.05, 3.63) is 0 Å². The lowest BCUT2D eigenvalue weighted by Crippen LogP contribution is -2.50. The molecule has 3 heterocycles. The maximum atomic E-state index is 12.2. The van der Waals surface area contributed by atoms with E-state index >= 15 is 0 Å². The average molecular weight is 293 g/mol. The van der Waals surface area contributed by atoms with Crippen LogP contribution in [-0.2, 0) is 9.63 Å². The minimum atomic E-state index is -0.458. The van der Waals surface area contributed by atoms with E-state index in [0.29, 0.717) is 25.9 Å². The average Bonchev–Trinajstić information content (AvgIpc) is 3.05. The molecule has 0 aliphatic carbocycles. The fourth-order valence-electron chi connectivity index (χ4n) is 3.21. The van der Waals surface area contributed by atoms with Gasteiger partial charge in [0.2, 0.25) is 0 Å². The van der Waals surface area contributed by atoms with Crippen LogP contribution in [-0.4, -0.2) is 66.1 Å². The van der Waals surface area contributed by atoms with Crippen molar-refractivity contribution in [2.45, 2.75) is 43.5 Å². The molecular weight excluding hydrogens is 274 g/mol. The van der Waals surface area contributed by atoms with E-state index in [9.17, 15) is 9.59 Å². The molecule has 3 aliphatic heterocycles. The normalized spacial score (nSPS) is 35.0.